The molecule has 2 heterocycles. The molecule has 0 saturated heterocycles. The zero-order valence-corrected chi connectivity index (χ0v) is 19.6. The topological polar surface area (TPSA) is 109 Å². The van der Waals surface area contributed by atoms with Crippen molar-refractivity contribution in [3.63, 3.8) is 0 Å². The van der Waals surface area contributed by atoms with E-state index in [4.69, 9.17) is 18.9 Å². The summed E-state index contributed by atoms with van der Waals surface area (Å²) in [5.74, 6) is 2.79. The summed E-state index contributed by atoms with van der Waals surface area (Å²) in [6.07, 6.45) is 0.942. The molecule has 0 radical (unpaired) electrons. The first kappa shape index (κ1) is 23.8. The van der Waals surface area contributed by atoms with Crippen molar-refractivity contribution >= 4 is 11.6 Å². The molecule has 182 valence electrons. The number of fused-ring (bicyclic) bond motifs is 1. The molecule has 35 heavy (non-hydrogen) atoms. The van der Waals surface area contributed by atoms with E-state index in [0.717, 1.165) is 17.7 Å². The van der Waals surface area contributed by atoms with Gasteiger partial charge in [0.15, 0.2) is 18.1 Å². The molecule has 4 aromatic rings. The highest BCUT2D eigenvalue weighted by molar-refractivity contribution is 5.77. The van der Waals surface area contributed by atoms with E-state index in [0.29, 0.717) is 42.0 Å². The molecular formula is C25H27N5O5. The smallest absolute Gasteiger partial charge is 0.258 e. The lowest BCUT2D eigenvalue weighted by Gasteiger charge is -2.09. The van der Waals surface area contributed by atoms with Gasteiger partial charge in [-0.05, 0) is 48.9 Å². The molecule has 0 aliphatic carbocycles. The summed E-state index contributed by atoms with van der Waals surface area (Å²) in [5, 5.41) is 15.6. The number of nitrogens with zero attached hydrogens (tertiary/aromatic N) is 4. The number of methoxy groups -OCH3 is 1. The highest BCUT2D eigenvalue weighted by Gasteiger charge is 2.11. The number of carbonyl (C=O) groups excluding carboxylic acids is 1. The number of amides is 1. The van der Waals surface area contributed by atoms with Gasteiger partial charge in [-0.1, -0.05) is 19.1 Å². The summed E-state index contributed by atoms with van der Waals surface area (Å²) in [4.78, 5) is 12.1. The van der Waals surface area contributed by atoms with Gasteiger partial charge in [0.2, 0.25) is 5.88 Å². The van der Waals surface area contributed by atoms with Crippen molar-refractivity contribution in [3.8, 4) is 34.5 Å². The van der Waals surface area contributed by atoms with Crippen LogP contribution in [0.2, 0.25) is 0 Å². The number of ether oxygens (including phenoxy) is 4. The van der Waals surface area contributed by atoms with Crippen LogP contribution in [0.4, 0.5) is 0 Å². The fraction of sp³-hybridized carbons (Fsp3) is 0.280. The summed E-state index contributed by atoms with van der Waals surface area (Å²) in [6.45, 7) is 3.16. The molecule has 0 unspecified atom stereocenters. The third-order valence-electron chi connectivity index (χ3n) is 4.91. The fourth-order valence-electron chi connectivity index (χ4n) is 3.19. The van der Waals surface area contributed by atoms with Crippen LogP contribution in [0.15, 0.2) is 60.7 Å². The van der Waals surface area contributed by atoms with Crippen molar-refractivity contribution in [3.05, 3.63) is 60.7 Å². The van der Waals surface area contributed by atoms with Crippen molar-refractivity contribution in [2.45, 2.75) is 13.3 Å². The third-order valence-corrected chi connectivity index (χ3v) is 4.91. The molecule has 2 aromatic heterocycles. The second-order valence-corrected chi connectivity index (χ2v) is 7.50. The van der Waals surface area contributed by atoms with Crippen LogP contribution in [0.25, 0.3) is 17.0 Å². The Balaban J connectivity index is 1.25. The van der Waals surface area contributed by atoms with E-state index in [-0.39, 0.29) is 19.1 Å². The minimum Gasteiger partial charge on any atom is -0.497 e. The van der Waals surface area contributed by atoms with Crippen molar-refractivity contribution in [1.82, 2.24) is 25.1 Å². The van der Waals surface area contributed by atoms with Gasteiger partial charge in [0.1, 0.15) is 23.9 Å². The van der Waals surface area contributed by atoms with E-state index >= 15 is 0 Å². The molecule has 0 saturated carbocycles. The lowest BCUT2D eigenvalue weighted by Crippen LogP contribution is -2.32. The lowest BCUT2D eigenvalue weighted by molar-refractivity contribution is -0.123. The van der Waals surface area contributed by atoms with E-state index in [1.54, 1.807) is 35.9 Å². The second-order valence-electron chi connectivity index (χ2n) is 7.50. The maximum atomic E-state index is 12.1. The maximum Gasteiger partial charge on any atom is 0.258 e. The van der Waals surface area contributed by atoms with Gasteiger partial charge in [-0.25, -0.2) is 0 Å². The Kier molecular flexibility index (Phi) is 7.95. The monoisotopic (exact) mass is 477 g/mol. The van der Waals surface area contributed by atoms with Crippen LogP contribution in [0, 0.1) is 0 Å². The molecule has 0 aliphatic heterocycles. The summed E-state index contributed by atoms with van der Waals surface area (Å²) in [7, 11) is 1.61. The van der Waals surface area contributed by atoms with Crippen LogP contribution in [0.3, 0.4) is 0 Å². The highest BCUT2D eigenvalue weighted by Crippen LogP contribution is 2.23. The Morgan fingerprint density at radius 3 is 2.49 bits per heavy atom. The van der Waals surface area contributed by atoms with Gasteiger partial charge in [0, 0.05) is 11.6 Å². The van der Waals surface area contributed by atoms with Gasteiger partial charge in [-0.15, -0.1) is 15.3 Å². The quantitative estimate of drug-likeness (QED) is 0.310. The van der Waals surface area contributed by atoms with Crippen molar-refractivity contribution in [1.29, 1.82) is 0 Å². The van der Waals surface area contributed by atoms with E-state index in [2.05, 4.69) is 20.6 Å². The third kappa shape index (κ3) is 6.38. The zero-order chi connectivity index (χ0) is 24.5. The highest BCUT2D eigenvalue weighted by atomic mass is 16.5. The number of hydrogen-bond acceptors (Lipinski definition) is 8. The van der Waals surface area contributed by atoms with Gasteiger partial charge >= 0.3 is 0 Å². The van der Waals surface area contributed by atoms with Crippen molar-refractivity contribution in [2.24, 2.45) is 0 Å². The Hall–Kier alpha value is -4.34. The Labute approximate surface area is 202 Å². The molecule has 4 rings (SSSR count). The number of nitrogens with one attached hydrogen (secondary N) is 1. The van der Waals surface area contributed by atoms with Gasteiger partial charge in [0.05, 0.1) is 20.3 Å². The molecule has 2 aromatic carbocycles. The van der Waals surface area contributed by atoms with Gasteiger partial charge < -0.3 is 24.3 Å². The second kappa shape index (κ2) is 11.7. The van der Waals surface area contributed by atoms with E-state index in [1.165, 1.54) is 0 Å². The number of aromatic nitrogens is 4. The summed E-state index contributed by atoms with van der Waals surface area (Å²) >= 11 is 0. The van der Waals surface area contributed by atoms with Crippen LogP contribution < -0.4 is 24.3 Å². The SMILES string of the molecule is CCCOc1ccc(OCC(=O)NCCOc2ccc3nnc(-c4cccc(OC)c4)n3n2)cc1. The molecule has 0 spiro atoms. The fourth-order valence-corrected chi connectivity index (χ4v) is 3.19. The Bertz CT molecular complexity index is 1260. The van der Waals surface area contributed by atoms with Gasteiger partial charge in [0.25, 0.3) is 5.91 Å². The number of benzene rings is 2. The van der Waals surface area contributed by atoms with Crippen LogP contribution in [-0.4, -0.2) is 59.2 Å². The van der Waals surface area contributed by atoms with Crippen LogP contribution in [0.5, 0.6) is 23.1 Å². The Morgan fingerprint density at radius 1 is 0.914 bits per heavy atom. The predicted octanol–water partition coefficient (Wildman–Crippen LogP) is 3.16. The zero-order valence-electron chi connectivity index (χ0n) is 19.6. The molecule has 10 heteroatoms. The predicted molar refractivity (Wildman–Crippen MR) is 129 cm³/mol. The first-order chi connectivity index (χ1) is 17.2. The molecule has 0 bridgehead atoms. The minimum absolute atomic E-state index is 0.0933. The summed E-state index contributed by atoms with van der Waals surface area (Å²) in [5.41, 5.74) is 1.41. The molecule has 10 nitrogen and oxygen atoms in total. The van der Waals surface area contributed by atoms with Crippen LogP contribution in [-0.2, 0) is 4.79 Å². The standard InChI is InChI=1S/C25H27N5O5/c1-3-14-33-19-7-9-20(10-8-19)35-17-23(31)26-13-15-34-24-12-11-22-27-28-25(30(22)29-24)18-5-4-6-21(16-18)32-2/h4-12,16H,3,13-15,17H2,1-2H3,(H,26,31). The van der Waals surface area contributed by atoms with Gasteiger partial charge in [-0.3, -0.25) is 4.79 Å². The molecular weight excluding hydrogens is 450 g/mol. The molecule has 0 aliphatic rings. The normalized spacial score (nSPS) is 10.7. The molecule has 1 N–H and O–H groups in total. The maximum absolute atomic E-state index is 12.1. The number of carbonyl (C=O) groups is 1. The largest absolute Gasteiger partial charge is 0.497 e. The summed E-state index contributed by atoms with van der Waals surface area (Å²) < 4.78 is 23.6. The van der Waals surface area contributed by atoms with Crippen LogP contribution in [0.1, 0.15) is 13.3 Å². The Morgan fingerprint density at radius 2 is 1.71 bits per heavy atom. The minimum atomic E-state index is -0.248. The average molecular weight is 478 g/mol. The first-order valence-electron chi connectivity index (χ1n) is 11.3. The lowest BCUT2D eigenvalue weighted by atomic mass is 10.2. The molecule has 0 atom stereocenters. The summed E-state index contributed by atoms with van der Waals surface area (Å²) in [6, 6.07) is 18.1. The average Bonchev–Trinajstić information content (AvgIpc) is 3.32. The molecule has 1 amide bonds. The first-order valence-corrected chi connectivity index (χ1v) is 11.3. The molecule has 0 fully saturated rings. The van der Waals surface area contributed by atoms with Crippen LogP contribution >= 0.6 is 0 Å². The van der Waals surface area contributed by atoms with E-state index in [1.807, 2.05) is 43.3 Å². The number of rotatable bonds is 12. The van der Waals surface area contributed by atoms with Crippen molar-refractivity contribution in [2.75, 3.05) is 33.5 Å². The van der Waals surface area contributed by atoms with Gasteiger partial charge in [-0.2, -0.15) is 4.52 Å². The van der Waals surface area contributed by atoms with E-state index in [9.17, 15) is 4.79 Å². The number of hydrogen-bond donors (Lipinski definition) is 1. The van der Waals surface area contributed by atoms with Crippen molar-refractivity contribution < 1.29 is 23.7 Å². The van der Waals surface area contributed by atoms with E-state index < -0.39 is 0 Å².